The molecule has 112 valence electrons. The summed E-state index contributed by atoms with van der Waals surface area (Å²) in [6, 6.07) is 3.88. The molecule has 0 saturated carbocycles. The van der Waals surface area contributed by atoms with E-state index in [9.17, 15) is 17.6 Å². The number of nitrogens with zero attached hydrogens (tertiary/aromatic N) is 1. The second-order valence-electron chi connectivity index (χ2n) is 4.10. The molecule has 21 heavy (non-hydrogen) atoms. The summed E-state index contributed by atoms with van der Waals surface area (Å²) in [5.74, 6) is -1.46. The summed E-state index contributed by atoms with van der Waals surface area (Å²) in [6.07, 6.45) is 1.51. The monoisotopic (exact) mass is 329 g/mol. The molecule has 1 aromatic heterocycles. The second kappa shape index (κ2) is 6.29. The highest BCUT2D eigenvalue weighted by Crippen LogP contribution is 2.14. The van der Waals surface area contributed by atoms with Crippen molar-refractivity contribution in [1.29, 1.82) is 0 Å². The van der Waals surface area contributed by atoms with Crippen molar-refractivity contribution >= 4 is 32.4 Å². The zero-order chi connectivity index (χ0) is 15.5. The minimum atomic E-state index is -4.12. The number of benzene rings is 1. The Hall–Kier alpha value is -1.84. The molecule has 0 spiro atoms. The van der Waals surface area contributed by atoms with Gasteiger partial charge < -0.3 is 5.32 Å². The van der Waals surface area contributed by atoms with Gasteiger partial charge in [-0.3, -0.25) is 4.79 Å². The van der Waals surface area contributed by atoms with E-state index in [1.165, 1.54) is 36.6 Å². The van der Waals surface area contributed by atoms with Crippen molar-refractivity contribution in [2.24, 2.45) is 0 Å². The van der Waals surface area contributed by atoms with Gasteiger partial charge in [-0.1, -0.05) is 12.1 Å². The minimum absolute atomic E-state index is 0.358. The lowest BCUT2D eigenvalue weighted by atomic mass is 10.3. The van der Waals surface area contributed by atoms with E-state index in [0.29, 0.717) is 5.13 Å². The van der Waals surface area contributed by atoms with Crippen LogP contribution in [0.4, 0.5) is 9.52 Å². The van der Waals surface area contributed by atoms with Crippen molar-refractivity contribution in [1.82, 2.24) is 9.71 Å². The van der Waals surface area contributed by atoms with Crippen molar-refractivity contribution in [3.05, 3.63) is 41.7 Å². The molecule has 0 radical (unpaired) electrons. The summed E-state index contributed by atoms with van der Waals surface area (Å²) in [4.78, 5) is 15.2. The van der Waals surface area contributed by atoms with Gasteiger partial charge >= 0.3 is 0 Å². The maximum absolute atomic E-state index is 13.5. The molecule has 0 fully saturated rings. The number of carbonyl (C=O) groups excluding carboxylic acids is 1. The minimum Gasteiger partial charge on any atom is -0.301 e. The molecule has 0 saturated heterocycles. The summed E-state index contributed by atoms with van der Waals surface area (Å²) in [7, 11) is -4.12. The molecule has 0 aliphatic rings. The SMILES string of the molecule is C[C@H](NS(=O)(=O)c1ccccc1F)C(=O)Nc1nccs1. The smallest absolute Gasteiger partial charge is 0.244 e. The molecule has 1 atom stereocenters. The number of rotatable bonds is 5. The summed E-state index contributed by atoms with van der Waals surface area (Å²) in [6.45, 7) is 1.36. The molecule has 2 rings (SSSR count). The number of carbonyl (C=O) groups is 1. The number of hydrogen-bond donors (Lipinski definition) is 2. The van der Waals surface area contributed by atoms with E-state index < -0.39 is 32.7 Å². The molecule has 1 amide bonds. The van der Waals surface area contributed by atoms with Gasteiger partial charge in [-0.2, -0.15) is 4.72 Å². The van der Waals surface area contributed by atoms with Gasteiger partial charge in [0.15, 0.2) is 5.13 Å². The van der Waals surface area contributed by atoms with Crippen LogP contribution in [0.3, 0.4) is 0 Å². The van der Waals surface area contributed by atoms with Crippen molar-refractivity contribution in [2.75, 3.05) is 5.32 Å². The lowest BCUT2D eigenvalue weighted by Gasteiger charge is -2.13. The van der Waals surface area contributed by atoms with Gasteiger partial charge in [-0.15, -0.1) is 11.3 Å². The Morgan fingerprint density at radius 1 is 1.38 bits per heavy atom. The van der Waals surface area contributed by atoms with E-state index in [2.05, 4.69) is 15.0 Å². The molecule has 2 aromatic rings. The summed E-state index contributed by atoms with van der Waals surface area (Å²) in [5, 5.41) is 4.49. The fourth-order valence-corrected chi connectivity index (χ4v) is 3.33. The molecule has 0 unspecified atom stereocenters. The van der Waals surface area contributed by atoms with Crippen LogP contribution >= 0.6 is 11.3 Å². The van der Waals surface area contributed by atoms with Crippen LogP contribution in [0.15, 0.2) is 40.7 Å². The second-order valence-corrected chi connectivity index (χ2v) is 6.68. The third kappa shape index (κ3) is 3.84. The highest BCUT2D eigenvalue weighted by Gasteiger charge is 2.24. The number of nitrogens with one attached hydrogen (secondary N) is 2. The zero-order valence-corrected chi connectivity index (χ0v) is 12.5. The summed E-state index contributed by atoms with van der Waals surface area (Å²) < 4.78 is 39.7. The zero-order valence-electron chi connectivity index (χ0n) is 10.9. The van der Waals surface area contributed by atoms with E-state index in [1.54, 1.807) is 5.38 Å². The van der Waals surface area contributed by atoms with Crippen molar-refractivity contribution in [3.63, 3.8) is 0 Å². The summed E-state index contributed by atoms with van der Waals surface area (Å²) in [5.41, 5.74) is 0. The van der Waals surface area contributed by atoms with Crippen LogP contribution in [-0.2, 0) is 14.8 Å². The Labute approximate surface area is 125 Å². The fourth-order valence-electron chi connectivity index (χ4n) is 1.51. The van der Waals surface area contributed by atoms with Crippen LogP contribution in [0.1, 0.15) is 6.92 Å². The molecule has 6 nitrogen and oxygen atoms in total. The molecule has 2 N–H and O–H groups in total. The number of amides is 1. The Bertz CT molecular complexity index is 732. The van der Waals surface area contributed by atoms with Gasteiger partial charge in [0.2, 0.25) is 15.9 Å². The number of aromatic nitrogens is 1. The van der Waals surface area contributed by atoms with Crippen LogP contribution in [-0.4, -0.2) is 25.4 Å². The quantitative estimate of drug-likeness (QED) is 0.872. The molecule has 9 heteroatoms. The van der Waals surface area contributed by atoms with Crippen molar-refractivity contribution in [3.8, 4) is 0 Å². The van der Waals surface area contributed by atoms with Crippen molar-refractivity contribution < 1.29 is 17.6 Å². The first kappa shape index (κ1) is 15.5. The van der Waals surface area contributed by atoms with Gasteiger partial charge in [0.05, 0.1) is 6.04 Å². The summed E-state index contributed by atoms with van der Waals surface area (Å²) >= 11 is 1.21. The number of thiazole rings is 1. The number of anilines is 1. The highest BCUT2D eigenvalue weighted by atomic mass is 32.2. The number of hydrogen-bond acceptors (Lipinski definition) is 5. The average Bonchev–Trinajstić information content (AvgIpc) is 2.91. The fraction of sp³-hybridized carbons (Fsp3) is 0.167. The molecular formula is C12H12FN3O3S2. The van der Waals surface area contributed by atoms with Crippen LogP contribution in [0.5, 0.6) is 0 Å². The number of halogens is 1. The Morgan fingerprint density at radius 3 is 2.71 bits per heavy atom. The first-order chi connectivity index (χ1) is 9.90. The highest BCUT2D eigenvalue weighted by molar-refractivity contribution is 7.89. The van der Waals surface area contributed by atoms with Gasteiger partial charge in [0.25, 0.3) is 0 Å². The normalized spacial score (nSPS) is 12.9. The van der Waals surface area contributed by atoms with E-state index in [-0.39, 0.29) is 0 Å². The lowest BCUT2D eigenvalue weighted by Crippen LogP contribution is -2.41. The van der Waals surface area contributed by atoms with Crippen LogP contribution in [0.25, 0.3) is 0 Å². The first-order valence-electron chi connectivity index (χ1n) is 5.87. The first-order valence-corrected chi connectivity index (χ1v) is 8.23. The standard InChI is InChI=1S/C12H12FN3O3S2/c1-8(11(17)15-12-14-6-7-20-12)16-21(18,19)10-5-3-2-4-9(10)13/h2-8,16H,1H3,(H,14,15,17)/t8-/m0/s1. The predicted octanol–water partition coefficient (Wildman–Crippen LogP) is 1.59. The van der Waals surface area contributed by atoms with Gasteiger partial charge in [-0.25, -0.2) is 17.8 Å². The lowest BCUT2D eigenvalue weighted by molar-refractivity contribution is -0.117. The molecule has 1 aromatic carbocycles. The molecule has 0 aliphatic heterocycles. The molecule has 0 aliphatic carbocycles. The van der Waals surface area contributed by atoms with E-state index in [1.807, 2.05) is 0 Å². The Balaban J connectivity index is 2.09. The maximum atomic E-state index is 13.5. The third-order valence-corrected chi connectivity index (χ3v) is 4.78. The van der Waals surface area contributed by atoms with E-state index >= 15 is 0 Å². The maximum Gasteiger partial charge on any atom is 0.244 e. The van der Waals surface area contributed by atoms with Gasteiger partial charge in [0.1, 0.15) is 10.7 Å². The van der Waals surface area contributed by atoms with E-state index in [0.717, 1.165) is 12.1 Å². The van der Waals surface area contributed by atoms with Gasteiger partial charge in [0, 0.05) is 11.6 Å². The van der Waals surface area contributed by atoms with Crippen LogP contribution in [0, 0.1) is 5.82 Å². The van der Waals surface area contributed by atoms with Crippen LogP contribution < -0.4 is 10.0 Å². The van der Waals surface area contributed by atoms with E-state index in [4.69, 9.17) is 0 Å². The Kier molecular flexibility index (Phi) is 4.66. The third-order valence-electron chi connectivity index (χ3n) is 2.51. The van der Waals surface area contributed by atoms with Gasteiger partial charge in [-0.05, 0) is 19.1 Å². The predicted molar refractivity (Wildman–Crippen MR) is 76.9 cm³/mol. The Morgan fingerprint density at radius 2 is 2.10 bits per heavy atom. The molecule has 1 heterocycles. The van der Waals surface area contributed by atoms with Crippen molar-refractivity contribution in [2.45, 2.75) is 17.9 Å². The number of sulfonamides is 1. The largest absolute Gasteiger partial charge is 0.301 e. The molecule has 0 bridgehead atoms. The average molecular weight is 329 g/mol. The topological polar surface area (TPSA) is 88.2 Å². The van der Waals surface area contributed by atoms with Crippen LogP contribution in [0.2, 0.25) is 0 Å². The molecular weight excluding hydrogens is 317 g/mol.